The average molecular weight is 283 g/mol. The van der Waals surface area contributed by atoms with Crippen LogP contribution in [-0.2, 0) is 9.53 Å². The van der Waals surface area contributed by atoms with Gasteiger partial charge in [-0.1, -0.05) is 6.92 Å². The molecule has 0 aromatic carbocycles. The summed E-state index contributed by atoms with van der Waals surface area (Å²) < 4.78 is 5.49. The molecule has 0 saturated carbocycles. The number of amides is 1. The highest BCUT2D eigenvalue weighted by molar-refractivity contribution is 7.18. The Morgan fingerprint density at radius 3 is 2.89 bits per heavy atom. The number of anilines is 1. The summed E-state index contributed by atoms with van der Waals surface area (Å²) >= 11 is 1.09. The van der Waals surface area contributed by atoms with Gasteiger partial charge in [-0.2, -0.15) is 0 Å². The van der Waals surface area contributed by atoms with Crippen LogP contribution in [0, 0.1) is 12.8 Å². The van der Waals surface area contributed by atoms with Gasteiger partial charge >= 0.3 is 5.97 Å². The average Bonchev–Trinajstić information content (AvgIpc) is 2.95. The van der Waals surface area contributed by atoms with Crippen molar-refractivity contribution in [2.75, 3.05) is 11.9 Å². The van der Waals surface area contributed by atoms with Crippen LogP contribution in [0.2, 0.25) is 0 Å². The first kappa shape index (κ1) is 14.0. The molecule has 1 fully saturated rings. The molecule has 0 radical (unpaired) electrons. The second-order valence-electron chi connectivity index (χ2n) is 4.63. The molecule has 0 bridgehead atoms. The highest BCUT2D eigenvalue weighted by atomic mass is 32.1. The van der Waals surface area contributed by atoms with Crippen LogP contribution in [0.25, 0.3) is 0 Å². The van der Waals surface area contributed by atoms with Crippen molar-refractivity contribution in [1.29, 1.82) is 0 Å². The molecule has 19 heavy (non-hydrogen) atoms. The molecule has 1 aromatic heterocycles. The van der Waals surface area contributed by atoms with E-state index in [1.807, 2.05) is 6.92 Å². The highest BCUT2D eigenvalue weighted by Gasteiger charge is 2.33. The zero-order valence-electron chi connectivity index (χ0n) is 10.9. The van der Waals surface area contributed by atoms with Crippen LogP contribution in [0.15, 0.2) is 6.07 Å². The molecule has 1 aromatic rings. The van der Waals surface area contributed by atoms with Crippen LogP contribution in [-0.4, -0.2) is 29.7 Å². The van der Waals surface area contributed by atoms with E-state index < -0.39 is 5.97 Å². The Bertz CT molecular complexity index is 497. The summed E-state index contributed by atoms with van der Waals surface area (Å²) in [5.41, 5.74) is 0.669. The molecule has 5 nitrogen and oxygen atoms in total. The minimum absolute atomic E-state index is 0.0278. The number of carboxylic acid groups (broad SMARTS) is 1. The number of aromatic carboxylic acids is 1. The predicted molar refractivity (Wildman–Crippen MR) is 72.8 cm³/mol. The van der Waals surface area contributed by atoms with Crippen LogP contribution in [0.5, 0.6) is 0 Å². The van der Waals surface area contributed by atoms with Crippen molar-refractivity contribution in [2.45, 2.75) is 32.8 Å². The summed E-state index contributed by atoms with van der Waals surface area (Å²) in [6.45, 7) is 4.33. The van der Waals surface area contributed by atoms with Gasteiger partial charge in [-0.05, 0) is 31.4 Å². The third-order valence-electron chi connectivity index (χ3n) is 3.31. The van der Waals surface area contributed by atoms with Crippen molar-refractivity contribution in [2.24, 2.45) is 5.92 Å². The van der Waals surface area contributed by atoms with E-state index in [2.05, 4.69) is 5.32 Å². The number of carbonyl (C=O) groups excluding carboxylic acids is 1. The standard InChI is InChI=1S/C13H17NO4S/c1-3-9-8(4-5-18-9)12(15)14-10-6-7(2)11(19-10)13(16)17/h6,8-9H,3-5H2,1-2H3,(H,14,15)(H,16,17). The maximum Gasteiger partial charge on any atom is 0.346 e. The van der Waals surface area contributed by atoms with E-state index in [4.69, 9.17) is 9.84 Å². The van der Waals surface area contributed by atoms with Crippen molar-refractivity contribution in [3.05, 3.63) is 16.5 Å². The van der Waals surface area contributed by atoms with Gasteiger partial charge in [0.15, 0.2) is 0 Å². The second kappa shape index (κ2) is 5.71. The van der Waals surface area contributed by atoms with E-state index in [9.17, 15) is 9.59 Å². The van der Waals surface area contributed by atoms with Crippen molar-refractivity contribution >= 4 is 28.2 Å². The van der Waals surface area contributed by atoms with Crippen LogP contribution in [0.3, 0.4) is 0 Å². The number of thiophene rings is 1. The van der Waals surface area contributed by atoms with Gasteiger partial charge in [0.05, 0.1) is 17.0 Å². The smallest absolute Gasteiger partial charge is 0.346 e. The Balaban J connectivity index is 2.06. The van der Waals surface area contributed by atoms with Gasteiger partial charge in [0.25, 0.3) is 0 Å². The summed E-state index contributed by atoms with van der Waals surface area (Å²) in [5.74, 6) is -1.18. The first-order valence-corrected chi connectivity index (χ1v) is 7.10. The molecule has 1 amide bonds. The largest absolute Gasteiger partial charge is 0.477 e. The molecule has 0 spiro atoms. The molecule has 1 aliphatic rings. The van der Waals surface area contributed by atoms with E-state index in [1.165, 1.54) is 0 Å². The Hall–Kier alpha value is -1.40. The predicted octanol–water partition coefficient (Wildman–Crippen LogP) is 2.51. The summed E-state index contributed by atoms with van der Waals surface area (Å²) in [5, 5.41) is 12.4. The van der Waals surface area contributed by atoms with E-state index in [1.54, 1.807) is 13.0 Å². The van der Waals surface area contributed by atoms with Gasteiger partial charge in [-0.15, -0.1) is 11.3 Å². The van der Waals surface area contributed by atoms with Crippen LogP contribution in [0.1, 0.15) is 35.0 Å². The van der Waals surface area contributed by atoms with Crippen molar-refractivity contribution in [3.8, 4) is 0 Å². The maximum atomic E-state index is 12.1. The molecule has 2 atom stereocenters. The lowest BCUT2D eigenvalue weighted by atomic mass is 9.99. The zero-order valence-corrected chi connectivity index (χ0v) is 11.8. The van der Waals surface area contributed by atoms with Gasteiger partial charge < -0.3 is 15.2 Å². The fourth-order valence-electron chi connectivity index (χ4n) is 2.32. The first-order chi connectivity index (χ1) is 9.02. The van der Waals surface area contributed by atoms with Crippen LogP contribution < -0.4 is 5.32 Å². The van der Waals surface area contributed by atoms with E-state index in [-0.39, 0.29) is 22.8 Å². The van der Waals surface area contributed by atoms with Gasteiger partial charge in [-0.3, -0.25) is 4.79 Å². The van der Waals surface area contributed by atoms with E-state index >= 15 is 0 Å². The molecule has 0 aliphatic carbocycles. The molecule has 1 saturated heterocycles. The van der Waals surface area contributed by atoms with Crippen molar-refractivity contribution < 1.29 is 19.4 Å². The van der Waals surface area contributed by atoms with Crippen LogP contribution >= 0.6 is 11.3 Å². The van der Waals surface area contributed by atoms with E-state index in [0.29, 0.717) is 17.2 Å². The van der Waals surface area contributed by atoms with E-state index in [0.717, 1.165) is 24.2 Å². The highest BCUT2D eigenvalue weighted by Crippen LogP contribution is 2.29. The zero-order chi connectivity index (χ0) is 14.0. The number of carboxylic acids is 1. The summed E-state index contributed by atoms with van der Waals surface area (Å²) in [6.07, 6.45) is 1.50. The molecule has 6 heteroatoms. The molecule has 2 rings (SSSR count). The molecule has 2 heterocycles. The molecule has 2 N–H and O–H groups in total. The monoisotopic (exact) mass is 283 g/mol. The summed E-state index contributed by atoms with van der Waals surface area (Å²) in [7, 11) is 0. The normalized spacial score (nSPS) is 22.4. The van der Waals surface area contributed by atoms with Gasteiger partial charge in [0.2, 0.25) is 5.91 Å². The van der Waals surface area contributed by atoms with Crippen molar-refractivity contribution in [3.63, 3.8) is 0 Å². The third kappa shape index (κ3) is 2.96. The number of nitrogens with one attached hydrogen (secondary N) is 1. The van der Waals surface area contributed by atoms with Crippen molar-refractivity contribution in [1.82, 2.24) is 0 Å². The second-order valence-corrected chi connectivity index (χ2v) is 5.68. The molecular formula is C13H17NO4S. The van der Waals surface area contributed by atoms with Gasteiger partial charge in [-0.25, -0.2) is 4.79 Å². The Kier molecular flexibility index (Phi) is 4.21. The minimum Gasteiger partial charge on any atom is -0.477 e. The third-order valence-corrected chi connectivity index (χ3v) is 4.45. The molecule has 2 unspecified atom stereocenters. The molecule has 1 aliphatic heterocycles. The molecular weight excluding hydrogens is 266 g/mol. The lowest BCUT2D eigenvalue weighted by Gasteiger charge is -2.15. The topological polar surface area (TPSA) is 75.6 Å². The number of aryl methyl sites for hydroxylation is 1. The quantitative estimate of drug-likeness (QED) is 0.890. The number of ether oxygens (including phenoxy) is 1. The molecule has 104 valence electrons. The number of rotatable bonds is 4. The minimum atomic E-state index is -0.960. The Morgan fingerprint density at radius 1 is 1.58 bits per heavy atom. The lowest BCUT2D eigenvalue weighted by Crippen LogP contribution is -2.28. The first-order valence-electron chi connectivity index (χ1n) is 6.29. The number of hydrogen-bond donors (Lipinski definition) is 2. The Labute approximate surface area is 115 Å². The lowest BCUT2D eigenvalue weighted by molar-refractivity contribution is -0.121. The summed E-state index contributed by atoms with van der Waals surface area (Å²) in [6, 6.07) is 1.70. The SMILES string of the molecule is CCC1OCCC1C(=O)Nc1cc(C)c(C(=O)O)s1. The Morgan fingerprint density at radius 2 is 2.32 bits per heavy atom. The maximum absolute atomic E-state index is 12.1. The number of carbonyl (C=O) groups is 2. The van der Waals surface area contributed by atoms with Crippen LogP contribution in [0.4, 0.5) is 5.00 Å². The van der Waals surface area contributed by atoms with Gasteiger partial charge in [0, 0.05) is 6.61 Å². The fourth-order valence-corrected chi connectivity index (χ4v) is 3.24. The van der Waals surface area contributed by atoms with Gasteiger partial charge in [0.1, 0.15) is 4.88 Å². The fraction of sp³-hybridized carbons (Fsp3) is 0.538. The number of hydrogen-bond acceptors (Lipinski definition) is 4. The summed E-state index contributed by atoms with van der Waals surface area (Å²) in [4.78, 5) is 23.4.